The first kappa shape index (κ1) is 25.7. The first-order valence-corrected chi connectivity index (χ1v) is 11.3. The summed E-state index contributed by atoms with van der Waals surface area (Å²) in [5, 5.41) is 3.51. The lowest BCUT2D eigenvalue weighted by Crippen LogP contribution is -2.50. The molecule has 7 nitrogen and oxygen atoms in total. The molecule has 0 aliphatic carbocycles. The minimum Gasteiger partial charge on any atom is -0.491 e. The molecule has 1 N–H and O–H groups in total. The number of fused-ring (bicyclic) bond motifs is 1. The number of aliphatic imine (C=N–C) groups is 1. The SMILES string of the molecule is CN=C(NCc1ccc(OCCOC)cc1)N1CC2OCCN(Cc3ccccc3)C2C1.I. The highest BCUT2D eigenvalue weighted by Gasteiger charge is 2.41. The van der Waals surface area contributed by atoms with E-state index in [0.717, 1.165) is 44.5 Å². The van der Waals surface area contributed by atoms with Gasteiger partial charge in [-0.1, -0.05) is 42.5 Å². The van der Waals surface area contributed by atoms with E-state index in [0.29, 0.717) is 25.8 Å². The third kappa shape index (κ3) is 7.05. The third-order valence-corrected chi connectivity index (χ3v) is 6.09. The Balaban J connectivity index is 0.00000306. The van der Waals surface area contributed by atoms with Gasteiger partial charge in [-0.3, -0.25) is 9.89 Å². The number of methoxy groups -OCH3 is 1. The summed E-state index contributed by atoms with van der Waals surface area (Å²) >= 11 is 0. The van der Waals surface area contributed by atoms with Gasteiger partial charge in [0.05, 0.1) is 25.4 Å². The number of nitrogens with zero attached hydrogens (tertiary/aromatic N) is 3. The van der Waals surface area contributed by atoms with E-state index in [4.69, 9.17) is 14.2 Å². The van der Waals surface area contributed by atoms with Gasteiger partial charge in [-0.05, 0) is 23.3 Å². The minimum absolute atomic E-state index is 0. The Hall–Kier alpha value is -1.88. The van der Waals surface area contributed by atoms with Crippen LogP contribution in [0.1, 0.15) is 11.1 Å². The van der Waals surface area contributed by atoms with E-state index in [1.165, 1.54) is 11.1 Å². The van der Waals surface area contributed by atoms with Crippen molar-refractivity contribution in [3.8, 4) is 5.75 Å². The summed E-state index contributed by atoms with van der Waals surface area (Å²) in [5.74, 6) is 1.78. The van der Waals surface area contributed by atoms with Crippen LogP contribution in [-0.4, -0.2) is 81.5 Å². The Morgan fingerprint density at radius 2 is 1.85 bits per heavy atom. The van der Waals surface area contributed by atoms with Gasteiger partial charge in [0.1, 0.15) is 12.4 Å². The fourth-order valence-corrected chi connectivity index (χ4v) is 4.41. The average molecular weight is 566 g/mol. The summed E-state index contributed by atoms with van der Waals surface area (Å²) in [6, 6.07) is 19.2. The summed E-state index contributed by atoms with van der Waals surface area (Å²) in [4.78, 5) is 9.41. The highest BCUT2D eigenvalue weighted by atomic mass is 127. The van der Waals surface area contributed by atoms with Gasteiger partial charge < -0.3 is 24.4 Å². The van der Waals surface area contributed by atoms with Crippen LogP contribution in [0.5, 0.6) is 5.75 Å². The number of hydrogen-bond donors (Lipinski definition) is 1. The highest BCUT2D eigenvalue weighted by Crippen LogP contribution is 2.24. The second kappa shape index (κ2) is 13.1. The van der Waals surface area contributed by atoms with E-state index >= 15 is 0 Å². The lowest BCUT2D eigenvalue weighted by atomic mass is 10.1. The van der Waals surface area contributed by atoms with E-state index in [1.807, 2.05) is 19.2 Å². The summed E-state index contributed by atoms with van der Waals surface area (Å²) in [5.41, 5.74) is 2.53. The molecule has 4 rings (SSSR count). The van der Waals surface area contributed by atoms with Gasteiger partial charge in [0.2, 0.25) is 0 Å². The van der Waals surface area contributed by atoms with Crippen molar-refractivity contribution >= 4 is 29.9 Å². The second-order valence-electron chi connectivity index (χ2n) is 8.22. The Kier molecular flexibility index (Phi) is 10.2. The van der Waals surface area contributed by atoms with Gasteiger partial charge in [-0.2, -0.15) is 0 Å². The topological polar surface area (TPSA) is 58.6 Å². The van der Waals surface area contributed by atoms with Gasteiger partial charge in [0.15, 0.2) is 5.96 Å². The quantitative estimate of drug-likeness (QED) is 0.230. The van der Waals surface area contributed by atoms with Crippen molar-refractivity contribution in [2.75, 3.05) is 53.6 Å². The molecular formula is C25H35IN4O3. The number of halogens is 1. The fraction of sp³-hybridized carbons (Fsp3) is 0.480. The van der Waals surface area contributed by atoms with E-state index in [-0.39, 0.29) is 30.1 Å². The molecule has 2 aromatic carbocycles. The van der Waals surface area contributed by atoms with E-state index in [9.17, 15) is 0 Å². The van der Waals surface area contributed by atoms with Gasteiger partial charge >= 0.3 is 0 Å². The first-order chi connectivity index (χ1) is 15.8. The molecule has 2 atom stereocenters. The summed E-state index contributed by atoms with van der Waals surface area (Å²) < 4.78 is 16.8. The van der Waals surface area contributed by atoms with Crippen LogP contribution >= 0.6 is 24.0 Å². The van der Waals surface area contributed by atoms with E-state index in [2.05, 4.69) is 62.6 Å². The number of guanidine groups is 1. The van der Waals surface area contributed by atoms with Crippen molar-refractivity contribution in [3.63, 3.8) is 0 Å². The van der Waals surface area contributed by atoms with Gasteiger partial charge in [-0.25, -0.2) is 0 Å². The number of ether oxygens (including phenoxy) is 3. The number of likely N-dealkylation sites (tertiary alicyclic amines) is 1. The third-order valence-electron chi connectivity index (χ3n) is 6.09. The van der Waals surface area contributed by atoms with Crippen molar-refractivity contribution in [2.24, 2.45) is 4.99 Å². The first-order valence-electron chi connectivity index (χ1n) is 11.3. The van der Waals surface area contributed by atoms with E-state index < -0.39 is 0 Å². The van der Waals surface area contributed by atoms with Crippen LogP contribution in [0.25, 0.3) is 0 Å². The molecule has 33 heavy (non-hydrogen) atoms. The Bertz CT molecular complexity index is 866. The molecule has 2 aliphatic heterocycles. The van der Waals surface area contributed by atoms with Crippen LogP contribution in [-0.2, 0) is 22.6 Å². The van der Waals surface area contributed by atoms with Crippen LogP contribution in [0.3, 0.4) is 0 Å². The molecule has 0 spiro atoms. The summed E-state index contributed by atoms with van der Waals surface area (Å²) in [6.07, 6.45) is 0.217. The van der Waals surface area contributed by atoms with Crippen LogP contribution < -0.4 is 10.1 Å². The van der Waals surface area contributed by atoms with E-state index in [1.54, 1.807) is 7.11 Å². The van der Waals surface area contributed by atoms with Gasteiger partial charge in [0.25, 0.3) is 0 Å². The Morgan fingerprint density at radius 1 is 1.06 bits per heavy atom. The number of hydrogen-bond acceptors (Lipinski definition) is 5. The molecule has 0 bridgehead atoms. The molecule has 2 fully saturated rings. The lowest BCUT2D eigenvalue weighted by molar-refractivity contribution is -0.0502. The average Bonchev–Trinajstić information content (AvgIpc) is 3.26. The molecule has 2 aromatic rings. The Labute approximate surface area is 214 Å². The monoisotopic (exact) mass is 566 g/mol. The van der Waals surface area contributed by atoms with Crippen LogP contribution in [0.4, 0.5) is 0 Å². The zero-order valence-corrected chi connectivity index (χ0v) is 21.8. The predicted molar refractivity (Wildman–Crippen MR) is 141 cm³/mol. The smallest absolute Gasteiger partial charge is 0.194 e. The molecule has 2 unspecified atom stereocenters. The number of nitrogens with one attached hydrogen (secondary N) is 1. The number of morpholine rings is 1. The molecule has 0 saturated carbocycles. The van der Waals surface area contributed by atoms with Gasteiger partial charge in [-0.15, -0.1) is 24.0 Å². The molecule has 2 heterocycles. The number of rotatable bonds is 8. The maximum absolute atomic E-state index is 6.12. The number of benzene rings is 2. The maximum atomic E-state index is 6.12. The zero-order valence-electron chi connectivity index (χ0n) is 19.5. The maximum Gasteiger partial charge on any atom is 0.194 e. The minimum atomic E-state index is 0. The van der Waals surface area contributed by atoms with Crippen LogP contribution in [0.15, 0.2) is 59.6 Å². The molecule has 180 valence electrons. The molecule has 2 saturated heterocycles. The molecule has 0 amide bonds. The normalized spacial score (nSPS) is 20.8. The lowest BCUT2D eigenvalue weighted by Gasteiger charge is -2.36. The molecule has 2 aliphatic rings. The van der Waals surface area contributed by atoms with Crippen LogP contribution in [0, 0.1) is 0 Å². The molecule has 0 radical (unpaired) electrons. The van der Waals surface area contributed by atoms with Crippen molar-refractivity contribution in [1.82, 2.24) is 15.1 Å². The predicted octanol–water partition coefficient (Wildman–Crippen LogP) is 2.99. The largest absolute Gasteiger partial charge is 0.491 e. The summed E-state index contributed by atoms with van der Waals surface area (Å²) in [7, 11) is 3.52. The highest BCUT2D eigenvalue weighted by molar-refractivity contribution is 14.0. The standard InChI is InChI=1S/C25H34N4O3.HI/c1-26-25(27-16-20-8-10-22(11-9-20)31-15-14-30-2)29-18-23-24(19-29)32-13-12-28(23)17-21-6-4-3-5-7-21;/h3-11,23-24H,12-19H2,1-2H3,(H,26,27);1H. The molecular weight excluding hydrogens is 531 g/mol. The summed E-state index contributed by atoms with van der Waals surface area (Å²) in [6.45, 7) is 6.35. The van der Waals surface area contributed by atoms with Crippen molar-refractivity contribution in [2.45, 2.75) is 25.2 Å². The van der Waals surface area contributed by atoms with Gasteiger partial charge in [0, 0.05) is 46.9 Å². The van der Waals surface area contributed by atoms with Crippen molar-refractivity contribution < 1.29 is 14.2 Å². The zero-order chi connectivity index (χ0) is 22.2. The van der Waals surface area contributed by atoms with Crippen molar-refractivity contribution in [3.05, 3.63) is 65.7 Å². The fourth-order valence-electron chi connectivity index (χ4n) is 4.41. The molecule has 0 aromatic heterocycles. The molecule has 8 heteroatoms. The second-order valence-corrected chi connectivity index (χ2v) is 8.22. The van der Waals surface area contributed by atoms with Crippen molar-refractivity contribution in [1.29, 1.82) is 0 Å². The van der Waals surface area contributed by atoms with Crippen LogP contribution in [0.2, 0.25) is 0 Å². The Morgan fingerprint density at radius 3 is 2.58 bits per heavy atom.